The summed E-state index contributed by atoms with van der Waals surface area (Å²) in [5.74, 6) is 1.62. The Kier molecular flexibility index (Phi) is 17.5. The summed E-state index contributed by atoms with van der Waals surface area (Å²) in [7, 11) is 0. The van der Waals surface area contributed by atoms with Crippen LogP contribution in [-0.2, 0) is 63.8 Å². The molecule has 11 rings (SSSR count). The molecule has 0 amide bonds. The van der Waals surface area contributed by atoms with Crippen LogP contribution in [-0.4, -0.2) is 51.8 Å². The Morgan fingerprint density at radius 1 is 0.393 bits per heavy atom. The average molecular weight is 1510 g/mol. The summed E-state index contributed by atoms with van der Waals surface area (Å²) in [6.07, 6.45) is 5.79. The Morgan fingerprint density at radius 2 is 0.726 bits per heavy atom. The number of benzene rings is 8. The summed E-state index contributed by atoms with van der Waals surface area (Å²) in [5.41, 5.74) is 17.7. The molecule has 0 atom stereocenters. The van der Waals surface area contributed by atoms with E-state index in [0.29, 0.717) is 34.2 Å². The molecule has 0 fully saturated rings. The molecule has 0 aliphatic heterocycles. The fraction of sp³-hybridized carbons (Fsp3) is 0.250. The zero-order valence-electron chi connectivity index (χ0n) is 50.0. The topological polar surface area (TPSA) is 102 Å². The normalized spacial score (nSPS) is 12.2. The Labute approximate surface area is 532 Å². The summed E-state index contributed by atoms with van der Waals surface area (Å²) in [5, 5.41) is 22.9. The SMILES string of the molecule is CSc1cc(-c2cc(-c3[c-]c(-c4cccc5c4nc(-c4ccccc4O)n5-c4cc(C(C)(C)C)cc(C(C)(C)C)c4)cc(SC)c3)ncn2)[c-]c(-c2cccc3c2nc(-c2ccccc2O)n3-c2cc(C(C)(C)C)cc(C(C)(C)C)c2)c1.[Pt].[Pt]. The number of phenolic OH excluding ortho intramolecular Hbond substituents is 2. The van der Waals surface area contributed by atoms with E-state index in [4.69, 9.17) is 19.9 Å². The maximum absolute atomic E-state index is 11.5. The van der Waals surface area contributed by atoms with Crippen LogP contribution in [0.1, 0.15) is 105 Å². The number of phenols is 2. The van der Waals surface area contributed by atoms with Crippen molar-refractivity contribution in [1.29, 1.82) is 0 Å². The number of aromatic hydroxyl groups is 2. The van der Waals surface area contributed by atoms with E-state index >= 15 is 0 Å². The van der Waals surface area contributed by atoms with Gasteiger partial charge in [0.15, 0.2) is 0 Å². The van der Waals surface area contributed by atoms with Crippen molar-refractivity contribution in [3.05, 3.63) is 192 Å². The van der Waals surface area contributed by atoms with Crippen LogP contribution >= 0.6 is 23.5 Å². The molecule has 2 N–H and O–H groups in total. The number of hydrogen-bond acceptors (Lipinski definition) is 8. The van der Waals surface area contributed by atoms with E-state index in [-0.39, 0.29) is 75.3 Å². The monoisotopic (exact) mass is 1500 g/mol. The van der Waals surface area contributed by atoms with E-state index < -0.39 is 0 Å². The minimum atomic E-state index is -0.120. The zero-order chi connectivity index (χ0) is 58.2. The minimum absolute atomic E-state index is 0. The molecule has 3 aromatic heterocycles. The second kappa shape index (κ2) is 23.7. The molecule has 434 valence electrons. The predicted octanol–water partition coefficient (Wildman–Crippen LogP) is 18.8. The second-order valence-electron chi connectivity index (χ2n) is 25.4. The van der Waals surface area contributed by atoms with Gasteiger partial charge in [0.1, 0.15) is 23.1 Å². The van der Waals surface area contributed by atoms with E-state index in [1.54, 1.807) is 42.0 Å². The van der Waals surface area contributed by atoms with Crippen LogP contribution in [0.5, 0.6) is 11.5 Å². The molecule has 0 aliphatic carbocycles. The third kappa shape index (κ3) is 12.2. The Bertz CT molecular complexity index is 3950. The summed E-state index contributed by atoms with van der Waals surface area (Å²) in [4.78, 5) is 22.8. The van der Waals surface area contributed by atoms with Gasteiger partial charge in [-0.25, -0.2) is 9.97 Å². The van der Waals surface area contributed by atoms with Gasteiger partial charge in [-0.05, 0) is 117 Å². The number of imidazole rings is 2. The largest absolute Gasteiger partial charge is 0.507 e. The summed E-state index contributed by atoms with van der Waals surface area (Å²) < 4.78 is 4.41. The first kappa shape index (κ1) is 62.0. The minimum Gasteiger partial charge on any atom is -0.507 e. The Morgan fingerprint density at radius 3 is 1.06 bits per heavy atom. The molecule has 8 nitrogen and oxygen atoms in total. The van der Waals surface area contributed by atoms with Gasteiger partial charge in [-0.1, -0.05) is 182 Å². The maximum Gasteiger partial charge on any atom is 0.148 e. The summed E-state index contributed by atoms with van der Waals surface area (Å²) in [6, 6.07) is 59.5. The van der Waals surface area contributed by atoms with Gasteiger partial charge in [0.2, 0.25) is 0 Å². The van der Waals surface area contributed by atoms with Crippen molar-refractivity contribution in [3.8, 4) is 90.4 Å². The van der Waals surface area contributed by atoms with Crippen molar-refractivity contribution in [1.82, 2.24) is 29.1 Å². The van der Waals surface area contributed by atoms with E-state index in [2.05, 4.69) is 214 Å². The molecule has 0 radical (unpaired) electrons. The van der Waals surface area contributed by atoms with Crippen LogP contribution < -0.4 is 0 Å². The van der Waals surface area contributed by atoms with Crippen molar-refractivity contribution >= 4 is 45.6 Å². The average Bonchev–Trinajstić information content (AvgIpc) is 2.44. The van der Waals surface area contributed by atoms with E-state index in [1.807, 2.05) is 42.5 Å². The van der Waals surface area contributed by atoms with E-state index in [9.17, 15) is 10.2 Å². The first-order chi connectivity index (χ1) is 38.9. The molecule has 0 spiro atoms. The van der Waals surface area contributed by atoms with Crippen LogP contribution in [0.2, 0.25) is 0 Å². The molecular weight excluding hydrogens is 1440 g/mol. The molecule has 0 bridgehead atoms. The number of para-hydroxylation sites is 4. The van der Waals surface area contributed by atoms with Crippen molar-refractivity contribution in [3.63, 3.8) is 0 Å². The van der Waals surface area contributed by atoms with Crippen molar-refractivity contribution in [2.24, 2.45) is 0 Å². The number of fused-ring (bicyclic) bond motifs is 2. The van der Waals surface area contributed by atoms with Gasteiger partial charge in [-0.15, -0.1) is 71.0 Å². The first-order valence-corrected chi connectivity index (χ1v) is 30.3. The molecule has 0 saturated heterocycles. The van der Waals surface area contributed by atoms with Crippen LogP contribution in [0.4, 0.5) is 0 Å². The van der Waals surface area contributed by atoms with Gasteiger partial charge in [0.25, 0.3) is 0 Å². The van der Waals surface area contributed by atoms with Gasteiger partial charge in [-0.2, -0.15) is 0 Å². The quantitative estimate of drug-likeness (QED) is 0.103. The zero-order valence-corrected chi connectivity index (χ0v) is 56.2. The summed E-state index contributed by atoms with van der Waals surface area (Å²) >= 11 is 3.32. The molecule has 0 saturated carbocycles. The fourth-order valence-corrected chi connectivity index (χ4v) is 11.5. The number of thioether (sulfide) groups is 2. The first-order valence-electron chi connectivity index (χ1n) is 27.9. The van der Waals surface area contributed by atoms with Gasteiger partial charge in [0, 0.05) is 64.9 Å². The van der Waals surface area contributed by atoms with Crippen molar-refractivity contribution in [2.75, 3.05) is 12.5 Å². The molecule has 11 aromatic rings. The Hall–Kier alpha value is -6.54. The van der Waals surface area contributed by atoms with Gasteiger partial charge in [0.05, 0.1) is 39.5 Å². The smallest absolute Gasteiger partial charge is 0.148 e. The third-order valence-electron chi connectivity index (χ3n) is 15.4. The molecule has 84 heavy (non-hydrogen) atoms. The molecule has 3 heterocycles. The van der Waals surface area contributed by atoms with E-state index in [1.165, 1.54) is 22.3 Å². The van der Waals surface area contributed by atoms with Crippen LogP contribution in [0.25, 0.3) is 101 Å². The van der Waals surface area contributed by atoms with Crippen LogP contribution in [0.15, 0.2) is 168 Å². The van der Waals surface area contributed by atoms with Gasteiger partial charge < -0.3 is 10.2 Å². The number of rotatable bonds is 10. The number of nitrogens with zero attached hydrogens (tertiary/aromatic N) is 6. The Balaban J connectivity index is 0.00000423. The number of aromatic nitrogens is 6. The number of hydrogen-bond donors (Lipinski definition) is 2. The molecule has 8 aromatic carbocycles. The van der Waals surface area contributed by atoms with E-state index in [0.717, 1.165) is 76.6 Å². The molecule has 0 aliphatic rings. The van der Waals surface area contributed by atoms with Gasteiger partial charge in [-0.3, -0.25) is 19.1 Å². The fourth-order valence-electron chi connectivity index (χ4n) is 10.6. The van der Waals surface area contributed by atoms with Crippen molar-refractivity contribution < 1.29 is 52.3 Å². The van der Waals surface area contributed by atoms with Crippen LogP contribution in [0.3, 0.4) is 0 Å². The third-order valence-corrected chi connectivity index (χ3v) is 16.8. The van der Waals surface area contributed by atoms with Crippen LogP contribution in [0, 0.1) is 12.1 Å². The standard InChI is InChI=1S/C72H70N6O2S2.2Pt/c1-69(2,3)47-35-48(70(4,5)6)38-51(37-47)77-61-25-19-23-55(65(61)75-67(77)57-21-15-17-27-63(57)79)43-29-45(33-53(31-43)81-13)59-41-60(74-42-73-59)46-30-44(32-54(34-46)82-14)56-24-20-26-62-66(56)76-68(58-22-16-18-28-64(58)80)78(62)52-39-49(71(7,8)9)36-50(40-52)72(10,11)12;;/h15-28,31-42,79-80H,1-14H3;;/q-2;;. The molecular formula is C72H70N6O2Pt2S2-2. The molecule has 0 unspecified atom stereocenters. The predicted molar refractivity (Wildman–Crippen MR) is 343 cm³/mol. The maximum atomic E-state index is 11.5. The second-order valence-corrected chi connectivity index (χ2v) is 27.2. The summed E-state index contributed by atoms with van der Waals surface area (Å²) in [6.45, 7) is 27.0. The molecule has 12 heteroatoms. The van der Waals surface area contributed by atoms with Crippen molar-refractivity contribution in [2.45, 2.75) is 115 Å². The van der Waals surface area contributed by atoms with Gasteiger partial charge >= 0.3 is 0 Å².